The maximum absolute atomic E-state index is 12.4. The molecule has 0 nitrogen and oxygen atoms in total. The first-order valence-corrected chi connectivity index (χ1v) is 5.55. The van der Waals surface area contributed by atoms with Crippen LogP contribution in [-0.4, -0.2) is 12.4 Å². The Morgan fingerprint density at radius 1 is 1.46 bits per heavy atom. The van der Waals surface area contributed by atoms with Crippen LogP contribution in [0.3, 0.4) is 0 Å². The van der Waals surface area contributed by atoms with Gasteiger partial charge in [0.05, 0.1) is 6.67 Å². The molecule has 0 saturated heterocycles. The molecule has 1 aromatic carbocycles. The van der Waals surface area contributed by atoms with Crippen molar-refractivity contribution >= 4 is 11.8 Å². The van der Waals surface area contributed by atoms with Gasteiger partial charge in [-0.25, -0.2) is 0 Å². The van der Waals surface area contributed by atoms with E-state index in [4.69, 9.17) is 0 Å². The number of benzene rings is 1. The lowest BCUT2D eigenvalue weighted by atomic mass is 10.0. The van der Waals surface area contributed by atoms with Gasteiger partial charge < -0.3 is 0 Å². The minimum absolute atomic E-state index is 0.0254. The predicted molar refractivity (Wildman–Crippen MR) is 57.2 cm³/mol. The molecule has 2 heteroatoms. The van der Waals surface area contributed by atoms with Crippen molar-refractivity contribution in [3.8, 4) is 0 Å². The van der Waals surface area contributed by atoms with E-state index in [1.165, 1.54) is 4.90 Å². The molecular weight excluding hydrogens is 183 g/mol. The fourth-order valence-corrected chi connectivity index (χ4v) is 1.89. The van der Waals surface area contributed by atoms with Gasteiger partial charge >= 0.3 is 0 Å². The lowest BCUT2D eigenvalue weighted by Gasteiger charge is -2.08. The Balaban J connectivity index is 2.78. The van der Waals surface area contributed by atoms with Crippen molar-refractivity contribution in [3.63, 3.8) is 0 Å². The summed E-state index contributed by atoms with van der Waals surface area (Å²) in [5.41, 5.74) is 1.10. The summed E-state index contributed by atoms with van der Waals surface area (Å²) in [5, 5.41) is 0. The van der Waals surface area contributed by atoms with Gasteiger partial charge in [-0.1, -0.05) is 26.0 Å². The normalized spacial score (nSPS) is 12.8. The van der Waals surface area contributed by atoms with Crippen molar-refractivity contribution < 1.29 is 4.39 Å². The molecule has 0 saturated carbocycles. The quantitative estimate of drug-likeness (QED) is 0.662. The van der Waals surface area contributed by atoms with Crippen LogP contribution < -0.4 is 0 Å². The molecule has 0 amide bonds. The van der Waals surface area contributed by atoms with Crippen LogP contribution in [0.15, 0.2) is 29.2 Å². The topological polar surface area (TPSA) is 0 Å². The SMILES string of the molecule is CCSc1cccc(C(C)CF)c1. The highest BCUT2D eigenvalue weighted by molar-refractivity contribution is 7.99. The fourth-order valence-electron chi connectivity index (χ4n) is 1.17. The number of alkyl halides is 1. The second-order valence-electron chi connectivity index (χ2n) is 3.06. The Labute approximate surface area is 83.5 Å². The molecule has 0 heterocycles. The van der Waals surface area contributed by atoms with Crippen molar-refractivity contribution in [2.24, 2.45) is 0 Å². The van der Waals surface area contributed by atoms with Crippen LogP contribution in [0.1, 0.15) is 25.3 Å². The van der Waals surface area contributed by atoms with Crippen LogP contribution in [0.4, 0.5) is 4.39 Å². The molecule has 1 rings (SSSR count). The van der Waals surface area contributed by atoms with Crippen molar-refractivity contribution in [2.75, 3.05) is 12.4 Å². The average Bonchev–Trinajstić information content (AvgIpc) is 2.18. The second-order valence-corrected chi connectivity index (χ2v) is 4.40. The van der Waals surface area contributed by atoms with Crippen molar-refractivity contribution in [3.05, 3.63) is 29.8 Å². The summed E-state index contributed by atoms with van der Waals surface area (Å²) in [5.74, 6) is 1.09. The Morgan fingerprint density at radius 2 is 2.23 bits per heavy atom. The van der Waals surface area contributed by atoms with Crippen molar-refractivity contribution in [2.45, 2.75) is 24.7 Å². The fraction of sp³-hybridized carbons (Fsp3) is 0.455. The van der Waals surface area contributed by atoms with E-state index < -0.39 is 0 Å². The first kappa shape index (κ1) is 10.6. The van der Waals surface area contributed by atoms with E-state index in [1.807, 2.05) is 19.1 Å². The van der Waals surface area contributed by atoms with Gasteiger partial charge in [0.2, 0.25) is 0 Å². The van der Waals surface area contributed by atoms with E-state index in [0.717, 1.165) is 11.3 Å². The first-order chi connectivity index (χ1) is 6.27. The largest absolute Gasteiger partial charge is 0.250 e. The monoisotopic (exact) mass is 198 g/mol. The second kappa shape index (κ2) is 5.28. The van der Waals surface area contributed by atoms with E-state index in [-0.39, 0.29) is 12.6 Å². The Bertz CT molecular complexity index is 260. The number of hydrogen-bond donors (Lipinski definition) is 0. The zero-order chi connectivity index (χ0) is 9.68. The maximum Gasteiger partial charge on any atom is 0.0960 e. The van der Waals surface area contributed by atoms with E-state index >= 15 is 0 Å². The van der Waals surface area contributed by atoms with Gasteiger partial charge in [0.15, 0.2) is 0 Å². The van der Waals surface area contributed by atoms with Crippen LogP contribution in [-0.2, 0) is 0 Å². The first-order valence-electron chi connectivity index (χ1n) is 4.56. The molecule has 1 aromatic rings. The summed E-state index contributed by atoms with van der Waals surface area (Å²) in [7, 11) is 0. The van der Waals surface area contributed by atoms with Crippen LogP contribution >= 0.6 is 11.8 Å². The van der Waals surface area contributed by atoms with Gasteiger partial charge in [-0.2, -0.15) is 0 Å². The molecule has 13 heavy (non-hydrogen) atoms. The molecule has 1 atom stereocenters. The summed E-state index contributed by atoms with van der Waals surface area (Å²) in [4.78, 5) is 1.24. The summed E-state index contributed by atoms with van der Waals surface area (Å²) >= 11 is 1.79. The van der Waals surface area contributed by atoms with Gasteiger partial charge in [0.1, 0.15) is 0 Å². The van der Waals surface area contributed by atoms with Crippen LogP contribution in [0.2, 0.25) is 0 Å². The van der Waals surface area contributed by atoms with E-state index in [9.17, 15) is 4.39 Å². The van der Waals surface area contributed by atoms with Crippen LogP contribution in [0, 0.1) is 0 Å². The van der Waals surface area contributed by atoms with E-state index in [0.29, 0.717) is 0 Å². The third kappa shape index (κ3) is 3.03. The van der Waals surface area contributed by atoms with Gasteiger partial charge in [0, 0.05) is 10.8 Å². The van der Waals surface area contributed by atoms with Gasteiger partial charge in [-0.3, -0.25) is 4.39 Å². The predicted octanol–water partition coefficient (Wildman–Crippen LogP) is 3.87. The standard InChI is InChI=1S/C11H15FS/c1-3-13-11-6-4-5-10(7-11)9(2)8-12/h4-7,9H,3,8H2,1-2H3. The third-order valence-electron chi connectivity index (χ3n) is 1.97. The number of halogens is 1. The molecule has 0 N–H and O–H groups in total. The molecule has 0 aromatic heterocycles. The van der Waals surface area contributed by atoms with Gasteiger partial charge in [-0.05, 0) is 23.4 Å². The van der Waals surface area contributed by atoms with E-state index in [2.05, 4.69) is 19.1 Å². The summed E-state index contributed by atoms with van der Waals surface area (Å²) in [6, 6.07) is 8.14. The minimum atomic E-state index is -0.278. The average molecular weight is 198 g/mol. The lowest BCUT2D eigenvalue weighted by Crippen LogP contribution is -1.94. The minimum Gasteiger partial charge on any atom is -0.250 e. The summed E-state index contributed by atoms with van der Waals surface area (Å²) in [6.45, 7) is 3.76. The molecule has 0 fully saturated rings. The molecule has 0 spiro atoms. The molecule has 0 radical (unpaired) electrons. The molecule has 0 aliphatic rings. The molecule has 0 bridgehead atoms. The number of hydrogen-bond acceptors (Lipinski definition) is 1. The smallest absolute Gasteiger partial charge is 0.0960 e. The highest BCUT2D eigenvalue weighted by Gasteiger charge is 2.04. The summed E-state index contributed by atoms with van der Waals surface area (Å²) in [6.07, 6.45) is 0. The third-order valence-corrected chi connectivity index (χ3v) is 2.85. The molecule has 72 valence electrons. The zero-order valence-electron chi connectivity index (χ0n) is 8.09. The molecule has 1 unspecified atom stereocenters. The molecule has 0 aliphatic carbocycles. The molecular formula is C11H15FS. The number of rotatable bonds is 4. The van der Waals surface area contributed by atoms with Gasteiger partial charge in [0.25, 0.3) is 0 Å². The molecule has 0 aliphatic heterocycles. The van der Waals surface area contributed by atoms with Crippen molar-refractivity contribution in [1.82, 2.24) is 0 Å². The lowest BCUT2D eigenvalue weighted by molar-refractivity contribution is 0.447. The Kier molecular flexibility index (Phi) is 4.29. The van der Waals surface area contributed by atoms with E-state index in [1.54, 1.807) is 11.8 Å². The zero-order valence-corrected chi connectivity index (χ0v) is 8.90. The number of thioether (sulfide) groups is 1. The van der Waals surface area contributed by atoms with Gasteiger partial charge in [-0.15, -0.1) is 11.8 Å². The maximum atomic E-state index is 12.4. The van der Waals surface area contributed by atoms with Crippen LogP contribution in [0.5, 0.6) is 0 Å². The Morgan fingerprint density at radius 3 is 2.85 bits per heavy atom. The van der Waals surface area contributed by atoms with Crippen molar-refractivity contribution in [1.29, 1.82) is 0 Å². The highest BCUT2D eigenvalue weighted by atomic mass is 32.2. The highest BCUT2D eigenvalue weighted by Crippen LogP contribution is 2.23. The summed E-state index contributed by atoms with van der Waals surface area (Å²) < 4.78 is 12.4. The Hall–Kier alpha value is -0.500. The van der Waals surface area contributed by atoms with Crippen LogP contribution in [0.25, 0.3) is 0 Å².